The number of rotatable bonds is 12. The molecule has 3 fully saturated rings. The molecule has 5 amide bonds. The summed E-state index contributed by atoms with van der Waals surface area (Å²) in [6.07, 6.45) is 3.06. The van der Waals surface area contributed by atoms with Crippen molar-refractivity contribution in [2.75, 3.05) is 13.1 Å². The van der Waals surface area contributed by atoms with Gasteiger partial charge in [0.25, 0.3) is 5.91 Å². The van der Waals surface area contributed by atoms with Crippen LogP contribution >= 0.6 is 0 Å². The van der Waals surface area contributed by atoms with Crippen LogP contribution in [0.4, 0.5) is 4.79 Å². The minimum absolute atomic E-state index is 0.0157. The van der Waals surface area contributed by atoms with Gasteiger partial charge in [-0.25, -0.2) is 17.9 Å². The number of carbonyl (C=O) groups is 5. The lowest BCUT2D eigenvalue weighted by atomic mass is 9.80. The van der Waals surface area contributed by atoms with Gasteiger partial charge in [-0.15, -0.1) is 0 Å². The normalized spacial score (nSPS) is 25.0. The van der Waals surface area contributed by atoms with Crippen LogP contribution in [0.15, 0.2) is 12.0 Å². The van der Waals surface area contributed by atoms with Gasteiger partial charge in [0, 0.05) is 24.0 Å². The minimum Gasteiger partial charge on any atom is -0.363 e. The third-order valence-corrected chi connectivity index (χ3v) is 9.24. The highest BCUT2D eigenvalue weighted by atomic mass is 32.2. The van der Waals surface area contributed by atoms with E-state index in [1.54, 1.807) is 20.8 Å². The number of carbonyl (C=O) groups excluding carboxylic acids is 5. The molecule has 0 spiro atoms. The average Bonchev–Trinajstić information content (AvgIpc) is 3.14. The predicted molar refractivity (Wildman–Crippen MR) is 147 cm³/mol. The number of ketones is 1. The fraction of sp³-hybridized carbons (Fsp3) is 0.731. The first kappa shape index (κ1) is 31.5. The fourth-order valence-electron chi connectivity index (χ4n) is 5.73. The SMILES string of the molecule is C=CS(=O)(=O)NC[C@H](NC(=O)NC(C)(C)C)C(=O)N1CC2[C@@H](C1C(=O)NC(CC1CCC1)C(=O)C(N)=O)C2(C)C. The van der Waals surface area contributed by atoms with Crippen LogP contribution in [-0.2, 0) is 29.2 Å². The second-order valence-electron chi connectivity index (χ2n) is 12.7. The molecule has 1 heterocycles. The van der Waals surface area contributed by atoms with Crippen LogP contribution in [0.25, 0.3) is 0 Å². The first-order chi connectivity index (χ1) is 18.4. The maximum atomic E-state index is 13.8. The number of piperidine rings is 1. The van der Waals surface area contributed by atoms with Gasteiger partial charge in [-0.05, 0) is 50.4 Å². The summed E-state index contributed by atoms with van der Waals surface area (Å²) in [5, 5.41) is 8.57. The first-order valence-electron chi connectivity index (χ1n) is 13.5. The van der Waals surface area contributed by atoms with Crippen molar-refractivity contribution in [3.63, 3.8) is 0 Å². The molecule has 0 aromatic carbocycles. The third kappa shape index (κ3) is 7.19. The zero-order valence-corrected chi connectivity index (χ0v) is 24.6. The Hall–Kier alpha value is -3.00. The summed E-state index contributed by atoms with van der Waals surface area (Å²) in [6.45, 7) is 12.2. The van der Waals surface area contributed by atoms with Gasteiger partial charge < -0.3 is 26.6 Å². The third-order valence-electron chi connectivity index (χ3n) is 8.23. The Kier molecular flexibility index (Phi) is 9.04. The number of hydrogen-bond donors (Lipinski definition) is 5. The number of Topliss-reactive ketones (excluding diaryl/α,β-unsaturated/α-hetero) is 1. The first-order valence-corrected chi connectivity index (χ1v) is 15.1. The highest BCUT2D eigenvalue weighted by Gasteiger charge is 2.69. The molecular weight excluding hydrogens is 540 g/mol. The summed E-state index contributed by atoms with van der Waals surface area (Å²) in [4.78, 5) is 65.7. The lowest BCUT2D eigenvalue weighted by Crippen LogP contribution is -2.61. The summed E-state index contributed by atoms with van der Waals surface area (Å²) in [5.41, 5.74) is 4.36. The molecule has 14 heteroatoms. The highest BCUT2D eigenvalue weighted by molar-refractivity contribution is 7.92. The van der Waals surface area contributed by atoms with E-state index in [9.17, 15) is 32.4 Å². The van der Waals surface area contributed by atoms with E-state index in [-0.39, 0.29) is 36.1 Å². The van der Waals surface area contributed by atoms with Crippen LogP contribution in [0.1, 0.15) is 60.3 Å². The monoisotopic (exact) mass is 582 g/mol. The number of amides is 5. The highest BCUT2D eigenvalue weighted by Crippen LogP contribution is 2.64. The van der Waals surface area contributed by atoms with Crippen molar-refractivity contribution < 1.29 is 32.4 Å². The number of hydrogen-bond acceptors (Lipinski definition) is 7. The van der Waals surface area contributed by atoms with Crippen LogP contribution in [0, 0.1) is 23.2 Å². The van der Waals surface area contributed by atoms with Crippen LogP contribution in [0.3, 0.4) is 0 Å². The second kappa shape index (κ2) is 11.5. The number of urea groups is 1. The Bertz CT molecular complexity index is 1170. The van der Waals surface area contributed by atoms with Gasteiger partial charge in [0.2, 0.25) is 27.6 Å². The van der Waals surface area contributed by atoms with Crippen molar-refractivity contribution in [2.24, 2.45) is 28.9 Å². The lowest BCUT2D eigenvalue weighted by molar-refractivity contribution is -0.143. The van der Waals surface area contributed by atoms with Gasteiger partial charge >= 0.3 is 6.03 Å². The van der Waals surface area contributed by atoms with Crippen molar-refractivity contribution >= 4 is 39.6 Å². The molecule has 0 aromatic rings. The predicted octanol–water partition coefficient (Wildman–Crippen LogP) is -0.272. The number of primary amides is 1. The molecule has 0 bridgehead atoms. The number of nitrogens with one attached hydrogen (secondary N) is 4. The molecule has 13 nitrogen and oxygen atoms in total. The summed E-state index contributed by atoms with van der Waals surface area (Å²) in [5.74, 6) is -3.33. The maximum absolute atomic E-state index is 13.8. The van der Waals surface area contributed by atoms with Gasteiger partial charge in [0.05, 0.1) is 6.04 Å². The standard InChI is InChI=1S/C26H42N6O7S/c1-7-40(38,39)28-12-17(30-24(37)31-25(2,3)4)23(36)32-13-15-18(26(15,5)6)19(32)22(35)29-16(20(33)21(27)34)11-14-9-8-10-14/h7,14-19,28H,1,8-13H2,2-6H3,(H2,27,34)(H,29,35)(H2,30,31,37)/t15?,16?,17-,18-,19?/m0/s1. The van der Waals surface area contributed by atoms with Gasteiger partial charge in [-0.1, -0.05) is 39.7 Å². The molecule has 6 N–H and O–H groups in total. The molecule has 2 aliphatic carbocycles. The molecule has 2 saturated carbocycles. The summed E-state index contributed by atoms with van der Waals surface area (Å²) < 4.78 is 26.3. The van der Waals surface area contributed by atoms with E-state index in [0.717, 1.165) is 19.3 Å². The molecule has 0 aromatic heterocycles. The van der Waals surface area contributed by atoms with E-state index in [4.69, 9.17) is 5.73 Å². The fourth-order valence-corrected chi connectivity index (χ4v) is 6.25. The van der Waals surface area contributed by atoms with Crippen molar-refractivity contribution in [1.29, 1.82) is 0 Å². The van der Waals surface area contributed by atoms with E-state index < -0.39 is 69.8 Å². The van der Waals surface area contributed by atoms with Gasteiger partial charge in [-0.3, -0.25) is 19.2 Å². The van der Waals surface area contributed by atoms with E-state index in [1.807, 2.05) is 13.8 Å². The van der Waals surface area contributed by atoms with E-state index in [2.05, 4.69) is 27.3 Å². The average molecular weight is 583 g/mol. The van der Waals surface area contributed by atoms with E-state index in [1.165, 1.54) is 4.90 Å². The van der Waals surface area contributed by atoms with Crippen LogP contribution in [0.2, 0.25) is 0 Å². The van der Waals surface area contributed by atoms with Gasteiger partial charge in [-0.2, -0.15) is 0 Å². The van der Waals surface area contributed by atoms with Crippen LogP contribution < -0.4 is 26.4 Å². The molecular formula is C26H42N6O7S. The lowest BCUT2D eigenvalue weighted by Gasteiger charge is -2.35. The molecule has 1 aliphatic heterocycles. The number of fused-ring (bicyclic) bond motifs is 1. The van der Waals surface area contributed by atoms with Crippen molar-refractivity contribution in [3.05, 3.63) is 12.0 Å². The van der Waals surface area contributed by atoms with Crippen molar-refractivity contribution in [2.45, 2.75) is 84.0 Å². The Morgan fingerprint density at radius 2 is 1.73 bits per heavy atom. The van der Waals surface area contributed by atoms with Crippen molar-refractivity contribution in [1.82, 2.24) is 25.6 Å². The molecule has 0 radical (unpaired) electrons. The number of nitrogens with two attached hydrogens (primary N) is 1. The molecule has 3 rings (SSSR count). The Labute approximate surface area is 235 Å². The topological polar surface area (TPSA) is 197 Å². The summed E-state index contributed by atoms with van der Waals surface area (Å²) in [7, 11) is -3.92. The Morgan fingerprint density at radius 3 is 2.23 bits per heavy atom. The Morgan fingerprint density at radius 1 is 1.10 bits per heavy atom. The molecule has 3 aliphatic rings. The number of sulfonamides is 1. The molecule has 224 valence electrons. The molecule has 3 unspecified atom stereocenters. The molecule has 1 saturated heterocycles. The number of nitrogens with zero attached hydrogens (tertiary/aromatic N) is 1. The smallest absolute Gasteiger partial charge is 0.315 e. The zero-order chi connectivity index (χ0) is 30.2. The Balaban J connectivity index is 1.85. The summed E-state index contributed by atoms with van der Waals surface area (Å²) >= 11 is 0. The van der Waals surface area contributed by atoms with Gasteiger partial charge in [0.1, 0.15) is 12.1 Å². The quantitative estimate of drug-likeness (QED) is 0.195. The maximum Gasteiger partial charge on any atom is 0.315 e. The van der Waals surface area contributed by atoms with Crippen LogP contribution in [-0.4, -0.2) is 79.6 Å². The van der Waals surface area contributed by atoms with Crippen molar-refractivity contribution in [3.8, 4) is 0 Å². The minimum atomic E-state index is -3.92. The molecule has 5 atom stereocenters. The number of likely N-dealkylation sites (tertiary alicyclic amines) is 1. The molecule has 40 heavy (non-hydrogen) atoms. The zero-order valence-electron chi connectivity index (χ0n) is 23.8. The largest absolute Gasteiger partial charge is 0.363 e. The van der Waals surface area contributed by atoms with E-state index in [0.29, 0.717) is 5.41 Å². The van der Waals surface area contributed by atoms with E-state index >= 15 is 0 Å². The second-order valence-corrected chi connectivity index (χ2v) is 14.4. The summed E-state index contributed by atoms with van der Waals surface area (Å²) in [6, 6.07) is -4.12. The van der Waals surface area contributed by atoms with Gasteiger partial charge in [0.15, 0.2) is 0 Å². The van der Waals surface area contributed by atoms with Crippen LogP contribution in [0.5, 0.6) is 0 Å².